The van der Waals surface area contributed by atoms with E-state index in [-0.39, 0.29) is 0 Å². The second-order valence-electron chi connectivity index (χ2n) is 4.34. The van der Waals surface area contributed by atoms with Crippen LogP contribution in [0.25, 0.3) is 0 Å². The van der Waals surface area contributed by atoms with Crippen molar-refractivity contribution in [2.24, 2.45) is 0 Å². The first-order valence-electron chi connectivity index (χ1n) is 6.31. The molecule has 2 nitrogen and oxygen atoms in total. The molecule has 0 fully saturated rings. The van der Waals surface area contributed by atoms with E-state index in [0.29, 0.717) is 0 Å². The normalized spacial score (nSPS) is 10.4. The molecule has 94 valence electrons. The standard InChI is InChI=1S/C16H19NO/c17-16-8-6-15(7-9-16)11-13-18-12-10-14-4-2-1-3-5-14/h1-9H,10-13,17H2. The Morgan fingerprint density at radius 2 is 1.28 bits per heavy atom. The maximum Gasteiger partial charge on any atom is 0.0506 e. The van der Waals surface area contributed by atoms with Gasteiger partial charge in [0.15, 0.2) is 0 Å². The SMILES string of the molecule is Nc1ccc(CCOCCc2ccccc2)cc1. The molecule has 0 heterocycles. The van der Waals surface area contributed by atoms with E-state index >= 15 is 0 Å². The van der Waals surface area contributed by atoms with Gasteiger partial charge in [0, 0.05) is 5.69 Å². The predicted molar refractivity (Wildman–Crippen MR) is 75.5 cm³/mol. The minimum absolute atomic E-state index is 0.761. The van der Waals surface area contributed by atoms with Crippen LogP contribution in [0.3, 0.4) is 0 Å². The summed E-state index contributed by atoms with van der Waals surface area (Å²) >= 11 is 0. The van der Waals surface area contributed by atoms with Crippen molar-refractivity contribution in [2.75, 3.05) is 18.9 Å². The van der Waals surface area contributed by atoms with Crippen LogP contribution >= 0.6 is 0 Å². The van der Waals surface area contributed by atoms with E-state index in [9.17, 15) is 0 Å². The summed E-state index contributed by atoms with van der Waals surface area (Å²) in [6.45, 7) is 1.54. The second kappa shape index (κ2) is 6.82. The lowest BCUT2D eigenvalue weighted by Crippen LogP contribution is -2.02. The Hall–Kier alpha value is -1.80. The van der Waals surface area contributed by atoms with Crippen molar-refractivity contribution in [1.29, 1.82) is 0 Å². The van der Waals surface area contributed by atoms with Gasteiger partial charge in [-0.1, -0.05) is 42.5 Å². The fourth-order valence-electron chi connectivity index (χ4n) is 1.81. The maximum atomic E-state index is 5.64. The molecule has 0 saturated carbocycles. The number of hydrogen-bond acceptors (Lipinski definition) is 2. The second-order valence-corrected chi connectivity index (χ2v) is 4.34. The summed E-state index contributed by atoms with van der Waals surface area (Å²) in [7, 11) is 0. The molecule has 0 aliphatic rings. The topological polar surface area (TPSA) is 35.2 Å². The van der Waals surface area contributed by atoms with Crippen LogP contribution in [0.15, 0.2) is 54.6 Å². The quantitative estimate of drug-likeness (QED) is 0.623. The fourth-order valence-corrected chi connectivity index (χ4v) is 1.81. The molecule has 2 aromatic rings. The number of hydrogen-bond donors (Lipinski definition) is 1. The van der Waals surface area contributed by atoms with Crippen molar-refractivity contribution in [3.05, 3.63) is 65.7 Å². The Kier molecular flexibility index (Phi) is 4.79. The average molecular weight is 241 g/mol. The zero-order valence-corrected chi connectivity index (χ0v) is 10.5. The van der Waals surface area contributed by atoms with Crippen molar-refractivity contribution in [3.8, 4) is 0 Å². The molecule has 0 aliphatic carbocycles. The van der Waals surface area contributed by atoms with Crippen molar-refractivity contribution in [2.45, 2.75) is 12.8 Å². The van der Waals surface area contributed by atoms with Gasteiger partial charge in [-0.3, -0.25) is 0 Å². The van der Waals surface area contributed by atoms with E-state index in [2.05, 4.69) is 36.4 Å². The van der Waals surface area contributed by atoms with E-state index in [1.165, 1.54) is 11.1 Å². The number of ether oxygens (including phenoxy) is 1. The number of benzene rings is 2. The molecule has 0 amide bonds. The van der Waals surface area contributed by atoms with Gasteiger partial charge in [0.25, 0.3) is 0 Å². The number of anilines is 1. The molecule has 0 aliphatic heterocycles. The summed E-state index contributed by atoms with van der Waals surface area (Å²) in [4.78, 5) is 0. The van der Waals surface area contributed by atoms with Crippen LogP contribution in [-0.2, 0) is 17.6 Å². The van der Waals surface area contributed by atoms with E-state index < -0.39 is 0 Å². The first-order chi connectivity index (χ1) is 8.84. The third kappa shape index (κ3) is 4.22. The molecule has 0 radical (unpaired) electrons. The molecule has 2 N–H and O–H groups in total. The van der Waals surface area contributed by atoms with Gasteiger partial charge in [0.1, 0.15) is 0 Å². The van der Waals surface area contributed by atoms with Crippen LogP contribution < -0.4 is 5.73 Å². The highest BCUT2D eigenvalue weighted by molar-refractivity contribution is 5.39. The molecule has 0 saturated heterocycles. The lowest BCUT2D eigenvalue weighted by Gasteiger charge is -2.05. The van der Waals surface area contributed by atoms with E-state index in [0.717, 1.165) is 31.7 Å². The van der Waals surface area contributed by atoms with Gasteiger partial charge >= 0.3 is 0 Å². The van der Waals surface area contributed by atoms with Crippen molar-refractivity contribution < 1.29 is 4.74 Å². The monoisotopic (exact) mass is 241 g/mol. The lowest BCUT2D eigenvalue weighted by atomic mass is 10.1. The molecule has 2 heteroatoms. The third-order valence-corrected chi connectivity index (χ3v) is 2.89. The van der Waals surface area contributed by atoms with Crippen LogP contribution in [0.2, 0.25) is 0 Å². The first kappa shape index (κ1) is 12.7. The molecule has 0 bridgehead atoms. The third-order valence-electron chi connectivity index (χ3n) is 2.89. The van der Waals surface area contributed by atoms with Crippen LogP contribution in [0.5, 0.6) is 0 Å². The number of nitrogen functional groups attached to an aromatic ring is 1. The average Bonchev–Trinajstić information content (AvgIpc) is 2.42. The van der Waals surface area contributed by atoms with Gasteiger partial charge < -0.3 is 10.5 Å². The maximum absolute atomic E-state index is 5.64. The molecule has 0 atom stereocenters. The van der Waals surface area contributed by atoms with Crippen molar-refractivity contribution >= 4 is 5.69 Å². The first-order valence-corrected chi connectivity index (χ1v) is 6.31. The van der Waals surface area contributed by atoms with Gasteiger partial charge in [-0.15, -0.1) is 0 Å². The highest BCUT2D eigenvalue weighted by atomic mass is 16.5. The predicted octanol–water partition coefficient (Wildman–Crippen LogP) is 3.07. The molecule has 18 heavy (non-hydrogen) atoms. The highest BCUT2D eigenvalue weighted by Crippen LogP contribution is 2.06. The van der Waals surface area contributed by atoms with Crippen LogP contribution in [0.1, 0.15) is 11.1 Å². The molecular weight excluding hydrogens is 222 g/mol. The lowest BCUT2D eigenvalue weighted by molar-refractivity contribution is 0.140. The van der Waals surface area contributed by atoms with E-state index in [1.54, 1.807) is 0 Å². The Labute approximate surface area is 108 Å². The van der Waals surface area contributed by atoms with Crippen molar-refractivity contribution in [3.63, 3.8) is 0 Å². The zero-order chi connectivity index (χ0) is 12.6. The van der Waals surface area contributed by atoms with Gasteiger partial charge in [-0.25, -0.2) is 0 Å². The number of nitrogens with two attached hydrogens (primary N) is 1. The van der Waals surface area contributed by atoms with Crippen molar-refractivity contribution in [1.82, 2.24) is 0 Å². The molecular formula is C16H19NO. The van der Waals surface area contributed by atoms with E-state index in [1.807, 2.05) is 18.2 Å². The Balaban J connectivity index is 1.63. The Morgan fingerprint density at radius 1 is 0.722 bits per heavy atom. The Morgan fingerprint density at radius 3 is 1.89 bits per heavy atom. The van der Waals surface area contributed by atoms with Gasteiger partial charge in [0.2, 0.25) is 0 Å². The summed E-state index contributed by atoms with van der Waals surface area (Å²) < 4.78 is 5.64. The summed E-state index contributed by atoms with van der Waals surface area (Å²) in [5.41, 5.74) is 9.04. The number of rotatable bonds is 6. The summed E-state index contributed by atoms with van der Waals surface area (Å²) in [5.74, 6) is 0. The minimum atomic E-state index is 0.761. The summed E-state index contributed by atoms with van der Waals surface area (Å²) in [6, 6.07) is 18.4. The zero-order valence-electron chi connectivity index (χ0n) is 10.5. The van der Waals surface area contributed by atoms with Crippen LogP contribution in [0.4, 0.5) is 5.69 Å². The largest absolute Gasteiger partial charge is 0.399 e. The minimum Gasteiger partial charge on any atom is -0.399 e. The Bertz CT molecular complexity index is 450. The molecule has 0 unspecified atom stereocenters. The smallest absolute Gasteiger partial charge is 0.0506 e. The highest BCUT2D eigenvalue weighted by Gasteiger charge is 1.95. The van der Waals surface area contributed by atoms with Gasteiger partial charge in [-0.2, -0.15) is 0 Å². The van der Waals surface area contributed by atoms with Gasteiger partial charge in [-0.05, 0) is 36.1 Å². The van der Waals surface area contributed by atoms with Crippen LogP contribution in [0, 0.1) is 0 Å². The summed E-state index contributed by atoms with van der Waals surface area (Å²) in [6.07, 6.45) is 1.91. The molecule has 2 aromatic carbocycles. The fraction of sp³-hybridized carbons (Fsp3) is 0.250. The summed E-state index contributed by atoms with van der Waals surface area (Å²) in [5, 5.41) is 0. The molecule has 0 spiro atoms. The van der Waals surface area contributed by atoms with Crippen LogP contribution in [-0.4, -0.2) is 13.2 Å². The van der Waals surface area contributed by atoms with E-state index in [4.69, 9.17) is 10.5 Å². The van der Waals surface area contributed by atoms with Gasteiger partial charge in [0.05, 0.1) is 13.2 Å². The molecule has 2 rings (SSSR count). The molecule has 0 aromatic heterocycles.